The molecule has 3 heteroatoms. The summed E-state index contributed by atoms with van der Waals surface area (Å²) in [5.41, 5.74) is 7.26. The predicted octanol–water partition coefficient (Wildman–Crippen LogP) is 8.48. The molecule has 2 nitrogen and oxygen atoms in total. The zero-order valence-corrected chi connectivity index (χ0v) is 25.2. The second kappa shape index (κ2) is 12.9. The van der Waals surface area contributed by atoms with Crippen molar-refractivity contribution in [1.82, 2.24) is 5.32 Å². The van der Waals surface area contributed by atoms with Crippen LogP contribution in [0.2, 0.25) is 0 Å². The zero-order chi connectivity index (χ0) is 27.9. The molecule has 0 aliphatic heterocycles. The molecule has 0 radical (unpaired) electrons. The van der Waals surface area contributed by atoms with E-state index in [2.05, 4.69) is 131 Å². The van der Waals surface area contributed by atoms with E-state index in [1.54, 1.807) is 0 Å². The fourth-order valence-corrected chi connectivity index (χ4v) is 7.09. The average Bonchev–Trinajstić information content (AvgIpc) is 2.91. The molecular formula is C36H44NOP. The van der Waals surface area contributed by atoms with Gasteiger partial charge in [-0.1, -0.05) is 126 Å². The first-order chi connectivity index (χ1) is 18.7. The van der Waals surface area contributed by atoms with Crippen LogP contribution in [0.1, 0.15) is 80.8 Å². The Morgan fingerprint density at radius 1 is 0.692 bits per heavy atom. The molecule has 2 unspecified atom stereocenters. The molecule has 0 fully saturated rings. The lowest BCUT2D eigenvalue weighted by molar-refractivity contribution is 0.425. The molecule has 4 aromatic carbocycles. The van der Waals surface area contributed by atoms with Gasteiger partial charge in [-0.25, -0.2) is 0 Å². The Hall–Kier alpha value is -2.93. The Kier molecular flexibility index (Phi) is 9.65. The Morgan fingerprint density at radius 2 is 1.28 bits per heavy atom. The van der Waals surface area contributed by atoms with Crippen molar-refractivity contribution in [3.63, 3.8) is 0 Å². The maximum Gasteiger partial charge on any atom is 0.123 e. The van der Waals surface area contributed by atoms with Gasteiger partial charge in [0.1, 0.15) is 5.75 Å². The van der Waals surface area contributed by atoms with Crippen LogP contribution >= 0.6 is 8.58 Å². The van der Waals surface area contributed by atoms with E-state index in [9.17, 15) is 5.11 Å². The SMILES string of the molecule is CCCC(C)(Pc1ccccc1CNC(C)(C)C)c1cc(Cc2ccccc2)cc(Cc2ccccc2)c1O. The van der Waals surface area contributed by atoms with E-state index < -0.39 is 0 Å². The highest BCUT2D eigenvalue weighted by Gasteiger charge is 2.31. The van der Waals surface area contributed by atoms with Crippen molar-refractivity contribution in [2.75, 3.05) is 0 Å². The van der Waals surface area contributed by atoms with Crippen LogP contribution in [0, 0.1) is 0 Å². The lowest BCUT2D eigenvalue weighted by Crippen LogP contribution is -2.36. The van der Waals surface area contributed by atoms with E-state index in [-0.39, 0.29) is 10.7 Å². The van der Waals surface area contributed by atoms with Crippen LogP contribution in [0.4, 0.5) is 0 Å². The Labute approximate surface area is 237 Å². The molecule has 2 atom stereocenters. The fourth-order valence-electron chi connectivity index (χ4n) is 5.28. The first-order valence-electron chi connectivity index (χ1n) is 14.2. The van der Waals surface area contributed by atoms with Gasteiger partial charge in [0.15, 0.2) is 0 Å². The van der Waals surface area contributed by atoms with Gasteiger partial charge in [0, 0.05) is 29.2 Å². The summed E-state index contributed by atoms with van der Waals surface area (Å²) >= 11 is 0. The van der Waals surface area contributed by atoms with E-state index in [1.807, 2.05) is 6.07 Å². The summed E-state index contributed by atoms with van der Waals surface area (Å²) < 4.78 is 0. The van der Waals surface area contributed by atoms with E-state index >= 15 is 0 Å². The topological polar surface area (TPSA) is 32.3 Å². The van der Waals surface area contributed by atoms with Gasteiger partial charge in [-0.15, -0.1) is 0 Å². The third-order valence-corrected chi connectivity index (χ3v) is 9.15. The number of nitrogens with one attached hydrogen (secondary N) is 1. The van der Waals surface area contributed by atoms with Gasteiger partial charge in [0.25, 0.3) is 0 Å². The number of phenolic OH excluding ortho intramolecular Hbond substituents is 1. The number of aromatic hydroxyl groups is 1. The highest BCUT2D eigenvalue weighted by molar-refractivity contribution is 7.48. The lowest BCUT2D eigenvalue weighted by atomic mass is 9.88. The van der Waals surface area contributed by atoms with Crippen molar-refractivity contribution in [2.45, 2.75) is 77.5 Å². The summed E-state index contributed by atoms with van der Waals surface area (Å²) in [4.78, 5) is 0. The summed E-state index contributed by atoms with van der Waals surface area (Å²) in [5, 5.41) is 16.7. The smallest absolute Gasteiger partial charge is 0.123 e. The van der Waals surface area contributed by atoms with Crippen molar-refractivity contribution >= 4 is 13.9 Å². The lowest BCUT2D eigenvalue weighted by Gasteiger charge is -2.33. The van der Waals surface area contributed by atoms with Crippen LogP contribution < -0.4 is 10.6 Å². The number of hydrogen-bond acceptors (Lipinski definition) is 2. The van der Waals surface area contributed by atoms with E-state index in [1.165, 1.54) is 27.6 Å². The summed E-state index contributed by atoms with van der Waals surface area (Å²) in [5.74, 6) is 0.462. The summed E-state index contributed by atoms with van der Waals surface area (Å²) in [6, 6.07) is 34.5. The molecule has 0 saturated heterocycles. The molecule has 0 amide bonds. The monoisotopic (exact) mass is 537 g/mol. The molecule has 39 heavy (non-hydrogen) atoms. The summed E-state index contributed by atoms with van der Waals surface area (Å²) in [6.45, 7) is 12.1. The van der Waals surface area contributed by atoms with Crippen molar-refractivity contribution in [3.05, 3.63) is 130 Å². The van der Waals surface area contributed by atoms with Gasteiger partial charge >= 0.3 is 0 Å². The Balaban J connectivity index is 1.77. The van der Waals surface area contributed by atoms with Crippen molar-refractivity contribution in [3.8, 4) is 5.75 Å². The van der Waals surface area contributed by atoms with Crippen molar-refractivity contribution in [2.24, 2.45) is 0 Å². The van der Waals surface area contributed by atoms with Crippen LogP contribution in [0.15, 0.2) is 97.1 Å². The fraction of sp³-hybridized carbons (Fsp3) is 0.333. The van der Waals surface area contributed by atoms with Crippen LogP contribution in [-0.4, -0.2) is 10.6 Å². The third-order valence-electron chi connectivity index (χ3n) is 7.32. The largest absolute Gasteiger partial charge is 0.507 e. The highest BCUT2D eigenvalue weighted by Crippen LogP contribution is 2.49. The number of benzene rings is 4. The van der Waals surface area contributed by atoms with E-state index in [0.29, 0.717) is 14.3 Å². The van der Waals surface area contributed by atoms with Gasteiger partial charge in [-0.05, 0) is 66.7 Å². The third kappa shape index (κ3) is 8.04. The van der Waals surface area contributed by atoms with Crippen molar-refractivity contribution in [1.29, 1.82) is 0 Å². The molecule has 0 aliphatic carbocycles. The molecule has 0 heterocycles. The zero-order valence-electron chi connectivity index (χ0n) is 24.2. The standard InChI is InChI=1S/C36H44NOP/c1-6-21-36(5,39-33-20-14-13-19-30(33)26-37-35(2,3)4)32-25-29(22-27-15-9-7-10-16-27)24-31(34(32)38)23-28-17-11-8-12-18-28/h7-20,24-25,37-39H,6,21-23,26H2,1-5H3. The van der Waals surface area contributed by atoms with Crippen LogP contribution in [0.5, 0.6) is 5.75 Å². The van der Waals surface area contributed by atoms with Gasteiger partial charge in [-0.3, -0.25) is 0 Å². The van der Waals surface area contributed by atoms with Gasteiger partial charge in [0.05, 0.1) is 0 Å². The molecule has 0 saturated carbocycles. The van der Waals surface area contributed by atoms with Crippen LogP contribution in [0.3, 0.4) is 0 Å². The minimum atomic E-state index is -0.172. The molecule has 4 rings (SSSR count). The second-order valence-electron chi connectivity index (χ2n) is 11.9. The predicted molar refractivity (Wildman–Crippen MR) is 170 cm³/mol. The minimum absolute atomic E-state index is 0.0549. The van der Waals surface area contributed by atoms with Gasteiger partial charge in [0.2, 0.25) is 0 Å². The molecule has 0 aromatic heterocycles. The van der Waals surface area contributed by atoms with Gasteiger partial charge < -0.3 is 10.4 Å². The Morgan fingerprint density at radius 3 is 1.90 bits per heavy atom. The summed E-state index contributed by atoms with van der Waals surface area (Å²) in [6.07, 6.45) is 3.65. The average molecular weight is 538 g/mol. The first-order valence-corrected chi connectivity index (χ1v) is 15.2. The maximum absolute atomic E-state index is 11.9. The highest BCUT2D eigenvalue weighted by atomic mass is 31.1. The minimum Gasteiger partial charge on any atom is -0.507 e. The molecule has 0 bridgehead atoms. The molecule has 2 N–H and O–H groups in total. The number of hydrogen-bond donors (Lipinski definition) is 2. The van der Waals surface area contributed by atoms with Crippen LogP contribution in [-0.2, 0) is 24.5 Å². The molecular weight excluding hydrogens is 493 g/mol. The number of rotatable bonds is 11. The van der Waals surface area contributed by atoms with Crippen LogP contribution in [0.25, 0.3) is 0 Å². The first kappa shape index (κ1) is 29.1. The summed E-state index contributed by atoms with van der Waals surface area (Å²) in [7, 11) is 0.550. The number of phenols is 1. The maximum atomic E-state index is 11.9. The molecule has 0 aliphatic rings. The van der Waals surface area contributed by atoms with Gasteiger partial charge in [-0.2, -0.15) is 0 Å². The molecule has 4 aromatic rings. The quantitative estimate of drug-likeness (QED) is 0.188. The Bertz CT molecular complexity index is 1340. The second-order valence-corrected chi connectivity index (χ2v) is 13.8. The normalized spacial score (nSPS) is 13.6. The van der Waals surface area contributed by atoms with Crippen molar-refractivity contribution < 1.29 is 5.11 Å². The van der Waals surface area contributed by atoms with E-state index in [0.717, 1.165) is 43.4 Å². The van der Waals surface area contributed by atoms with E-state index in [4.69, 9.17) is 0 Å². The molecule has 0 spiro atoms. The molecule has 204 valence electrons.